The van der Waals surface area contributed by atoms with Crippen molar-refractivity contribution in [2.45, 2.75) is 4.90 Å². The smallest absolute Gasteiger partial charge is 0.266 e. The van der Waals surface area contributed by atoms with Crippen LogP contribution in [0.1, 0.15) is 10.4 Å². The Kier molecular flexibility index (Phi) is 6.77. The molecule has 0 aliphatic rings. The Bertz CT molecular complexity index is 1200. The molecule has 0 aromatic heterocycles. The first-order chi connectivity index (χ1) is 14.8. The molecule has 1 amide bonds. The number of carbonyl (C=O) groups excluding carboxylic acids is 1. The zero-order valence-electron chi connectivity index (χ0n) is 16.7. The summed E-state index contributed by atoms with van der Waals surface area (Å²) in [6.07, 6.45) is 1.41. The summed E-state index contributed by atoms with van der Waals surface area (Å²) in [7, 11) is -2.57. The SMILES string of the molecule is C=CCN(c1ccc(F)cc1)S(=O)(=O)c1cc(C(=O)N(C)c2ccccc2)ccc1Cl. The molecule has 0 atom stereocenters. The Hall–Kier alpha value is -3.16. The molecule has 0 radical (unpaired) electrons. The maximum atomic E-state index is 13.4. The maximum Gasteiger partial charge on any atom is 0.266 e. The van der Waals surface area contributed by atoms with Gasteiger partial charge in [-0.2, -0.15) is 0 Å². The van der Waals surface area contributed by atoms with Crippen LogP contribution in [-0.2, 0) is 10.0 Å². The number of amides is 1. The zero-order valence-corrected chi connectivity index (χ0v) is 18.3. The highest BCUT2D eigenvalue weighted by atomic mass is 35.5. The molecule has 0 N–H and O–H groups in total. The number of hydrogen-bond acceptors (Lipinski definition) is 3. The van der Waals surface area contributed by atoms with Crippen molar-refractivity contribution in [3.05, 3.63) is 102 Å². The lowest BCUT2D eigenvalue weighted by molar-refractivity contribution is 0.0993. The van der Waals surface area contributed by atoms with Crippen LogP contribution in [-0.4, -0.2) is 27.9 Å². The number of carbonyl (C=O) groups is 1. The molecule has 8 heteroatoms. The fourth-order valence-corrected chi connectivity index (χ4v) is 4.92. The van der Waals surface area contributed by atoms with Gasteiger partial charge in [0.15, 0.2) is 0 Å². The monoisotopic (exact) mass is 458 g/mol. The van der Waals surface area contributed by atoms with Gasteiger partial charge in [-0.1, -0.05) is 35.9 Å². The molecular formula is C23H20ClFN2O3S. The van der Waals surface area contributed by atoms with Gasteiger partial charge >= 0.3 is 0 Å². The van der Waals surface area contributed by atoms with Crippen molar-refractivity contribution >= 4 is 38.9 Å². The number of anilines is 2. The minimum Gasteiger partial charge on any atom is -0.311 e. The zero-order chi connectivity index (χ0) is 22.6. The number of rotatable bonds is 7. The molecule has 0 fully saturated rings. The van der Waals surface area contributed by atoms with Crippen molar-refractivity contribution < 1.29 is 17.6 Å². The van der Waals surface area contributed by atoms with Gasteiger partial charge < -0.3 is 4.90 Å². The Labute approximate surface area is 186 Å². The van der Waals surface area contributed by atoms with Gasteiger partial charge in [0.05, 0.1) is 17.3 Å². The molecule has 0 bridgehead atoms. The third kappa shape index (κ3) is 4.78. The summed E-state index contributed by atoms with van der Waals surface area (Å²) < 4.78 is 41.2. The van der Waals surface area contributed by atoms with Crippen LogP contribution < -0.4 is 9.21 Å². The topological polar surface area (TPSA) is 57.7 Å². The highest BCUT2D eigenvalue weighted by Gasteiger charge is 2.28. The normalized spacial score (nSPS) is 11.1. The lowest BCUT2D eigenvalue weighted by Gasteiger charge is -2.24. The predicted molar refractivity (Wildman–Crippen MR) is 122 cm³/mol. The second kappa shape index (κ2) is 9.32. The summed E-state index contributed by atoms with van der Waals surface area (Å²) in [5, 5.41) is -0.0323. The molecule has 0 aliphatic heterocycles. The molecule has 31 heavy (non-hydrogen) atoms. The fraction of sp³-hybridized carbons (Fsp3) is 0.0870. The first kappa shape index (κ1) is 22.5. The van der Waals surface area contributed by atoms with Crippen LogP contribution in [0.5, 0.6) is 0 Å². The Morgan fingerprint density at radius 3 is 2.29 bits per heavy atom. The molecular weight excluding hydrogens is 439 g/mol. The molecule has 0 saturated carbocycles. The van der Waals surface area contributed by atoms with Gasteiger partial charge in [-0.15, -0.1) is 6.58 Å². The van der Waals surface area contributed by atoms with Gasteiger partial charge in [0.2, 0.25) is 0 Å². The van der Waals surface area contributed by atoms with E-state index >= 15 is 0 Å². The molecule has 3 aromatic rings. The summed E-state index contributed by atoms with van der Waals surface area (Å²) in [6.45, 7) is 3.54. The molecule has 3 rings (SSSR count). The third-order valence-electron chi connectivity index (χ3n) is 4.60. The average molecular weight is 459 g/mol. The molecule has 0 spiro atoms. The summed E-state index contributed by atoms with van der Waals surface area (Å²) in [4.78, 5) is 14.1. The summed E-state index contributed by atoms with van der Waals surface area (Å²) in [5.41, 5.74) is 1.06. The largest absolute Gasteiger partial charge is 0.311 e. The van der Waals surface area contributed by atoms with E-state index in [0.29, 0.717) is 5.69 Å². The third-order valence-corrected chi connectivity index (χ3v) is 6.88. The van der Waals surface area contributed by atoms with Crippen LogP contribution in [0.2, 0.25) is 5.02 Å². The van der Waals surface area contributed by atoms with Crippen molar-refractivity contribution in [1.29, 1.82) is 0 Å². The maximum absolute atomic E-state index is 13.4. The highest BCUT2D eigenvalue weighted by Crippen LogP contribution is 2.30. The van der Waals surface area contributed by atoms with E-state index in [1.54, 1.807) is 31.3 Å². The summed E-state index contributed by atoms with van der Waals surface area (Å²) in [5.74, 6) is -0.884. The quantitative estimate of drug-likeness (QED) is 0.461. The van der Waals surface area contributed by atoms with Crippen molar-refractivity contribution in [3.8, 4) is 0 Å². The minimum atomic E-state index is -4.17. The molecule has 3 aromatic carbocycles. The van der Waals surface area contributed by atoms with Crippen molar-refractivity contribution in [2.24, 2.45) is 0 Å². The van der Waals surface area contributed by atoms with Crippen LogP contribution in [0.4, 0.5) is 15.8 Å². The fourth-order valence-electron chi connectivity index (χ4n) is 2.98. The Morgan fingerprint density at radius 1 is 1.03 bits per heavy atom. The Morgan fingerprint density at radius 2 is 1.68 bits per heavy atom. The van der Waals surface area contributed by atoms with Crippen LogP contribution in [0.15, 0.2) is 90.3 Å². The van der Waals surface area contributed by atoms with E-state index in [1.165, 1.54) is 41.3 Å². The summed E-state index contributed by atoms with van der Waals surface area (Å²) in [6, 6.07) is 18.1. The number of benzene rings is 3. The van der Waals surface area contributed by atoms with Gasteiger partial charge in [-0.25, -0.2) is 12.8 Å². The molecule has 0 unspecified atom stereocenters. The van der Waals surface area contributed by atoms with E-state index < -0.39 is 21.7 Å². The van der Waals surface area contributed by atoms with Crippen molar-refractivity contribution in [1.82, 2.24) is 0 Å². The first-order valence-electron chi connectivity index (χ1n) is 9.27. The van der Waals surface area contributed by atoms with Gasteiger partial charge in [0.25, 0.3) is 15.9 Å². The van der Waals surface area contributed by atoms with Crippen LogP contribution in [0.3, 0.4) is 0 Å². The molecule has 0 heterocycles. The lowest BCUT2D eigenvalue weighted by Crippen LogP contribution is -2.32. The lowest BCUT2D eigenvalue weighted by atomic mass is 10.2. The molecule has 160 valence electrons. The number of hydrogen-bond donors (Lipinski definition) is 0. The highest BCUT2D eigenvalue weighted by molar-refractivity contribution is 7.93. The number of nitrogens with zero attached hydrogens (tertiary/aromatic N) is 2. The van der Waals surface area contributed by atoms with Crippen LogP contribution >= 0.6 is 11.6 Å². The number of sulfonamides is 1. The van der Waals surface area contributed by atoms with Gasteiger partial charge in [-0.05, 0) is 54.6 Å². The van der Waals surface area contributed by atoms with Crippen LogP contribution in [0, 0.1) is 5.82 Å². The molecule has 0 saturated heterocycles. The van der Waals surface area contributed by atoms with E-state index in [1.807, 2.05) is 6.07 Å². The van der Waals surface area contributed by atoms with E-state index in [9.17, 15) is 17.6 Å². The van der Waals surface area contributed by atoms with Gasteiger partial charge in [-0.3, -0.25) is 9.10 Å². The van der Waals surface area contributed by atoms with Crippen LogP contribution in [0.25, 0.3) is 0 Å². The summed E-state index contributed by atoms with van der Waals surface area (Å²) >= 11 is 6.22. The first-order valence-corrected chi connectivity index (χ1v) is 11.1. The Balaban J connectivity index is 2.03. The van der Waals surface area contributed by atoms with Crippen molar-refractivity contribution in [3.63, 3.8) is 0 Å². The number of halogens is 2. The minimum absolute atomic E-state index is 0.0323. The van der Waals surface area contributed by atoms with Gasteiger partial charge in [0.1, 0.15) is 10.7 Å². The van der Waals surface area contributed by atoms with E-state index in [4.69, 9.17) is 11.6 Å². The van der Waals surface area contributed by atoms with E-state index in [-0.39, 0.29) is 27.7 Å². The standard InChI is InChI=1S/C23H20ClFN2O3S/c1-3-15-27(20-12-10-18(25)11-13-20)31(29,30)22-16-17(9-14-21(22)24)23(28)26(2)19-7-5-4-6-8-19/h3-14,16H,1,15H2,2H3. The molecule has 5 nitrogen and oxygen atoms in total. The molecule has 0 aliphatic carbocycles. The van der Waals surface area contributed by atoms with E-state index in [0.717, 1.165) is 16.4 Å². The van der Waals surface area contributed by atoms with Gasteiger partial charge in [0, 0.05) is 18.3 Å². The second-order valence-electron chi connectivity index (χ2n) is 6.65. The number of para-hydroxylation sites is 1. The van der Waals surface area contributed by atoms with E-state index in [2.05, 4.69) is 6.58 Å². The van der Waals surface area contributed by atoms with Crippen molar-refractivity contribution in [2.75, 3.05) is 22.8 Å². The second-order valence-corrected chi connectivity index (χ2v) is 8.88. The predicted octanol–water partition coefficient (Wildman–Crippen LogP) is 5.14. The average Bonchev–Trinajstić information content (AvgIpc) is 2.78.